The molecule has 1 N–H and O–H groups in total. The Morgan fingerprint density at radius 3 is 2.59 bits per heavy atom. The summed E-state index contributed by atoms with van der Waals surface area (Å²) in [6.07, 6.45) is -2.94. The molecule has 29 heavy (non-hydrogen) atoms. The fourth-order valence-corrected chi connectivity index (χ4v) is 4.23. The number of anilines is 1. The number of ketones is 1. The molecule has 150 valence electrons. The molecule has 0 radical (unpaired) electrons. The number of Topliss-reactive ketones (excluding diaryl/α,β-unsaturated/α-hetero) is 1. The average Bonchev–Trinajstić information content (AvgIpc) is 3.35. The van der Waals surface area contributed by atoms with Gasteiger partial charge in [-0.2, -0.15) is 23.3 Å². The molecular formula is C19H14ClF3N4OS. The number of hydrogen-bond acceptors (Lipinski definition) is 5. The van der Waals surface area contributed by atoms with E-state index in [1.807, 2.05) is 6.92 Å². The number of halogens is 4. The zero-order valence-corrected chi connectivity index (χ0v) is 16.6. The molecule has 2 aromatic heterocycles. The molecule has 0 bridgehead atoms. The van der Waals surface area contributed by atoms with Crippen LogP contribution in [-0.4, -0.2) is 26.7 Å². The van der Waals surface area contributed by atoms with Gasteiger partial charge in [-0.3, -0.25) is 4.79 Å². The first kappa shape index (κ1) is 19.7. The Morgan fingerprint density at radius 1 is 1.24 bits per heavy atom. The normalized spacial score (nSPS) is 16.5. The van der Waals surface area contributed by atoms with Crippen molar-refractivity contribution in [3.8, 4) is 0 Å². The Kier molecular flexibility index (Phi) is 4.95. The van der Waals surface area contributed by atoms with Crippen molar-refractivity contribution in [3.05, 3.63) is 74.3 Å². The van der Waals surface area contributed by atoms with Gasteiger partial charge in [-0.25, -0.2) is 4.68 Å². The van der Waals surface area contributed by atoms with Crippen LogP contribution in [0, 0.1) is 0 Å². The molecule has 1 aromatic carbocycles. The van der Waals surface area contributed by atoms with Gasteiger partial charge in [0.15, 0.2) is 0 Å². The number of alkyl halides is 3. The third-order valence-electron chi connectivity index (χ3n) is 4.54. The Balaban J connectivity index is 1.94. The molecule has 10 heteroatoms. The zero-order chi connectivity index (χ0) is 20.8. The standard InChI is InChI=1S/C19H14ClF3N4OS/c1-2-12-7-8-13(29-12)16(28)14-15(10-3-5-11(20)6-4-10)27-18(24-9-25-27)26-17(14)19(21,22)23/h3-9,15H,2H2,1H3,(H,24,25,26)/t15-/m1/s1. The fraction of sp³-hybridized carbons (Fsp3) is 0.211. The molecular weight excluding hydrogens is 425 g/mol. The molecule has 4 rings (SSSR count). The Labute approximate surface area is 172 Å². The topological polar surface area (TPSA) is 59.8 Å². The minimum Gasteiger partial charge on any atom is -0.320 e. The highest BCUT2D eigenvalue weighted by molar-refractivity contribution is 7.14. The van der Waals surface area contributed by atoms with Crippen LogP contribution in [0.2, 0.25) is 5.02 Å². The van der Waals surface area contributed by atoms with Crippen LogP contribution in [0.15, 0.2) is 54.0 Å². The van der Waals surface area contributed by atoms with Crippen molar-refractivity contribution in [2.24, 2.45) is 0 Å². The van der Waals surface area contributed by atoms with Crippen molar-refractivity contribution in [1.29, 1.82) is 0 Å². The molecule has 0 spiro atoms. The number of benzene rings is 1. The first-order chi connectivity index (χ1) is 13.8. The van der Waals surface area contributed by atoms with Crippen molar-refractivity contribution in [2.45, 2.75) is 25.6 Å². The fourth-order valence-electron chi connectivity index (χ4n) is 3.20. The highest BCUT2D eigenvalue weighted by Crippen LogP contribution is 2.42. The summed E-state index contributed by atoms with van der Waals surface area (Å²) in [5.41, 5.74) is -1.11. The van der Waals surface area contributed by atoms with E-state index in [0.29, 0.717) is 17.0 Å². The van der Waals surface area contributed by atoms with Crippen LogP contribution in [0.5, 0.6) is 0 Å². The number of rotatable bonds is 4. The summed E-state index contributed by atoms with van der Waals surface area (Å²) in [5, 5.41) is 6.74. The number of nitrogens with zero attached hydrogens (tertiary/aromatic N) is 3. The van der Waals surface area contributed by atoms with Gasteiger partial charge in [0.05, 0.1) is 10.5 Å². The summed E-state index contributed by atoms with van der Waals surface area (Å²) in [6.45, 7) is 1.92. The highest BCUT2D eigenvalue weighted by atomic mass is 35.5. The van der Waals surface area contributed by atoms with E-state index >= 15 is 0 Å². The molecule has 3 aromatic rings. The van der Waals surface area contributed by atoms with E-state index in [2.05, 4.69) is 15.4 Å². The van der Waals surface area contributed by atoms with Gasteiger partial charge in [0.1, 0.15) is 18.1 Å². The molecule has 1 atom stereocenters. The van der Waals surface area contributed by atoms with Crippen molar-refractivity contribution in [2.75, 3.05) is 5.32 Å². The summed E-state index contributed by atoms with van der Waals surface area (Å²) < 4.78 is 43.1. The van der Waals surface area contributed by atoms with Gasteiger partial charge in [-0.15, -0.1) is 11.3 Å². The number of carbonyl (C=O) groups excluding carboxylic acids is 1. The number of carbonyl (C=O) groups is 1. The van der Waals surface area contributed by atoms with Crippen LogP contribution in [0.4, 0.5) is 19.1 Å². The van der Waals surface area contributed by atoms with Gasteiger partial charge in [0, 0.05) is 9.90 Å². The Morgan fingerprint density at radius 2 is 1.97 bits per heavy atom. The number of aryl methyl sites for hydroxylation is 1. The Hall–Kier alpha value is -2.65. The number of fused-ring (bicyclic) bond motifs is 1. The van der Waals surface area contributed by atoms with Gasteiger partial charge in [0.25, 0.3) is 0 Å². The van der Waals surface area contributed by atoms with E-state index < -0.39 is 29.3 Å². The number of allylic oxidation sites excluding steroid dienone is 2. The predicted octanol–water partition coefficient (Wildman–Crippen LogP) is 5.27. The van der Waals surface area contributed by atoms with Crippen molar-refractivity contribution < 1.29 is 18.0 Å². The summed E-state index contributed by atoms with van der Waals surface area (Å²) in [7, 11) is 0. The monoisotopic (exact) mass is 438 g/mol. The molecule has 0 aliphatic carbocycles. The third-order valence-corrected chi connectivity index (χ3v) is 6.03. The molecule has 5 nitrogen and oxygen atoms in total. The van der Waals surface area contributed by atoms with E-state index in [-0.39, 0.29) is 10.8 Å². The van der Waals surface area contributed by atoms with Crippen LogP contribution in [0.3, 0.4) is 0 Å². The number of thiophene rings is 1. The van der Waals surface area contributed by atoms with E-state index in [1.54, 1.807) is 36.4 Å². The minimum atomic E-state index is -4.78. The third kappa shape index (κ3) is 3.56. The van der Waals surface area contributed by atoms with Crippen molar-refractivity contribution in [1.82, 2.24) is 14.8 Å². The quantitative estimate of drug-likeness (QED) is 0.564. The van der Waals surface area contributed by atoms with Gasteiger partial charge in [-0.05, 0) is 36.2 Å². The van der Waals surface area contributed by atoms with Crippen LogP contribution in [0.1, 0.15) is 33.1 Å². The summed E-state index contributed by atoms with van der Waals surface area (Å²) in [6, 6.07) is 8.50. The van der Waals surface area contributed by atoms with Gasteiger partial charge < -0.3 is 5.32 Å². The van der Waals surface area contributed by atoms with Gasteiger partial charge in [-0.1, -0.05) is 30.7 Å². The maximum atomic E-state index is 13.9. The van der Waals surface area contributed by atoms with Crippen molar-refractivity contribution >= 4 is 34.7 Å². The van der Waals surface area contributed by atoms with E-state index in [0.717, 1.165) is 11.2 Å². The van der Waals surface area contributed by atoms with E-state index in [4.69, 9.17) is 11.6 Å². The number of nitrogens with one attached hydrogen (secondary N) is 1. The van der Waals surface area contributed by atoms with E-state index in [9.17, 15) is 18.0 Å². The molecule has 0 saturated carbocycles. The molecule has 0 fully saturated rings. The largest absolute Gasteiger partial charge is 0.431 e. The summed E-state index contributed by atoms with van der Waals surface area (Å²) in [4.78, 5) is 18.3. The molecule has 0 saturated heterocycles. The van der Waals surface area contributed by atoms with Gasteiger partial charge >= 0.3 is 6.18 Å². The molecule has 1 aliphatic rings. The lowest BCUT2D eigenvalue weighted by Gasteiger charge is -2.30. The van der Waals surface area contributed by atoms with Crippen LogP contribution < -0.4 is 5.32 Å². The Bertz CT molecular complexity index is 1100. The predicted molar refractivity (Wildman–Crippen MR) is 104 cm³/mol. The molecule has 0 unspecified atom stereocenters. The first-order valence-electron chi connectivity index (χ1n) is 8.66. The van der Waals surface area contributed by atoms with Crippen LogP contribution in [0.25, 0.3) is 0 Å². The first-order valence-corrected chi connectivity index (χ1v) is 9.85. The SMILES string of the molecule is CCc1ccc(C(=O)C2=C(C(F)(F)F)Nc3ncnn3[C@@H]2c2ccc(Cl)cc2)s1. The number of aromatic nitrogens is 3. The zero-order valence-electron chi connectivity index (χ0n) is 15.0. The second-order valence-corrected chi connectivity index (χ2v) is 7.95. The summed E-state index contributed by atoms with van der Waals surface area (Å²) in [5.74, 6) is -0.787. The number of hydrogen-bond donors (Lipinski definition) is 1. The molecule has 3 heterocycles. The minimum absolute atomic E-state index is 0.0887. The van der Waals surface area contributed by atoms with Crippen LogP contribution >= 0.6 is 22.9 Å². The highest BCUT2D eigenvalue weighted by Gasteiger charge is 2.46. The van der Waals surface area contributed by atoms with Crippen LogP contribution in [-0.2, 0) is 6.42 Å². The maximum absolute atomic E-state index is 13.9. The smallest absolute Gasteiger partial charge is 0.320 e. The summed E-state index contributed by atoms with van der Waals surface area (Å²) >= 11 is 7.13. The van der Waals surface area contributed by atoms with E-state index in [1.165, 1.54) is 16.0 Å². The second kappa shape index (κ2) is 7.31. The van der Waals surface area contributed by atoms with Crippen molar-refractivity contribution in [3.63, 3.8) is 0 Å². The lowest BCUT2D eigenvalue weighted by atomic mass is 9.91. The molecule has 0 amide bonds. The molecule has 1 aliphatic heterocycles. The lowest BCUT2D eigenvalue weighted by molar-refractivity contribution is -0.0918. The lowest BCUT2D eigenvalue weighted by Crippen LogP contribution is -2.35. The second-order valence-electron chi connectivity index (χ2n) is 6.34. The maximum Gasteiger partial charge on any atom is 0.431 e. The van der Waals surface area contributed by atoms with Gasteiger partial charge in [0.2, 0.25) is 11.7 Å². The average molecular weight is 439 g/mol.